The maximum Gasteiger partial charge on any atom is 0.0266 e. The third-order valence-electron chi connectivity index (χ3n) is 4.16. The van der Waals surface area contributed by atoms with Crippen molar-refractivity contribution < 1.29 is 0 Å². The molecule has 0 radical (unpaired) electrons. The Morgan fingerprint density at radius 2 is 1.60 bits per heavy atom. The highest BCUT2D eigenvalue weighted by molar-refractivity contribution is 4.81. The molecule has 1 rings (SSSR count). The van der Waals surface area contributed by atoms with Gasteiger partial charge in [0.15, 0.2) is 0 Å². The van der Waals surface area contributed by atoms with Crippen LogP contribution in [0.4, 0.5) is 0 Å². The molecule has 0 aromatic rings. The van der Waals surface area contributed by atoms with Crippen LogP contribution < -0.4 is 11.3 Å². The maximum absolute atomic E-state index is 5.76. The summed E-state index contributed by atoms with van der Waals surface area (Å²) in [6.45, 7) is 4.57. The molecule has 1 unspecified atom stereocenters. The van der Waals surface area contributed by atoms with Gasteiger partial charge in [-0.1, -0.05) is 52.4 Å². The van der Waals surface area contributed by atoms with Crippen molar-refractivity contribution in [3.05, 3.63) is 0 Å². The molecule has 0 bridgehead atoms. The minimum Gasteiger partial charge on any atom is -0.271 e. The average molecular weight is 212 g/mol. The van der Waals surface area contributed by atoms with Crippen LogP contribution in [0.2, 0.25) is 0 Å². The fourth-order valence-corrected chi connectivity index (χ4v) is 3.12. The maximum atomic E-state index is 5.76. The van der Waals surface area contributed by atoms with Gasteiger partial charge in [-0.15, -0.1) is 0 Å². The van der Waals surface area contributed by atoms with Crippen LogP contribution in [-0.4, -0.2) is 6.04 Å². The Balaban J connectivity index is 2.53. The van der Waals surface area contributed by atoms with Gasteiger partial charge in [-0.25, -0.2) is 0 Å². The van der Waals surface area contributed by atoms with Gasteiger partial charge in [0.25, 0.3) is 0 Å². The van der Waals surface area contributed by atoms with Gasteiger partial charge in [-0.3, -0.25) is 11.3 Å². The summed E-state index contributed by atoms with van der Waals surface area (Å²) in [4.78, 5) is 0. The number of nitrogens with two attached hydrogens (primary N) is 1. The summed E-state index contributed by atoms with van der Waals surface area (Å²) in [6.07, 6.45) is 10.9. The van der Waals surface area contributed by atoms with Crippen LogP contribution in [0.15, 0.2) is 0 Å². The van der Waals surface area contributed by atoms with Gasteiger partial charge in [0, 0.05) is 6.04 Å². The summed E-state index contributed by atoms with van der Waals surface area (Å²) in [5.41, 5.74) is 3.10. The molecule has 0 aliphatic heterocycles. The summed E-state index contributed by atoms with van der Waals surface area (Å²) < 4.78 is 0. The summed E-state index contributed by atoms with van der Waals surface area (Å²) in [5, 5.41) is 0. The van der Waals surface area contributed by atoms with Crippen LogP contribution in [0.25, 0.3) is 0 Å². The lowest BCUT2D eigenvalue weighted by molar-refractivity contribution is 0.226. The Morgan fingerprint density at radius 1 is 1.07 bits per heavy atom. The molecular formula is C13H28N2. The normalized spacial score (nSPS) is 21.6. The van der Waals surface area contributed by atoms with Crippen LogP contribution >= 0.6 is 0 Å². The van der Waals surface area contributed by atoms with Crippen LogP contribution in [-0.2, 0) is 0 Å². The molecule has 1 aliphatic rings. The first-order chi connectivity index (χ1) is 7.33. The first-order valence-electron chi connectivity index (χ1n) is 6.79. The largest absolute Gasteiger partial charge is 0.271 e. The Hall–Kier alpha value is -0.0800. The van der Waals surface area contributed by atoms with Gasteiger partial charge >= 0.3 is 0 Å². The van der Waals surface area contributed by atoms with Gasteiger partial charge in [0.1, 0.15) is 0 Å². The highest BCUT2D eigenvalue weighted by Gasteiger charge is 2.26. The number of nitrogens with one attached hydrogen (secondary N) is 1. The van der Waals surface area contributed by atoms with E-state index in [2.05, 4.69) is 19.3 Å². The molecule has 90 valence electrons. The zero-order valence-corrected chi connectivity index (χ0v) is 10.5. The van der Waals surface area contributed by atoms with Crippen LogP contribution in [0.1, 0.15) is 65.2 Å². The van der Waals surface area contributed by atoms with Crippen LogP contribution in [0.3, 0.4) is 0 Å². The number of hydrogen-bond acceptors (Lipinski definition) is 2. The highest BCUT2D eigenvalue weighted by atomic mass is 15.2. The van der Waals surface area contributed by atoms with Crippen molar-refractivity contribution >= 4 is 0 Å². The Bertz CT molecular complexity index is 147. The third kappa shape index (κ3) is 3.76. The van der Waals surface area contributed by atoms with E-state index in [0.717, 1.165) is 11.8 Å². The van der Waals surface area contributed by atoms with E-state index in [4.69, 9.17) is 5.84 Å². The van der Waals surface area contributed by atoms with E-state index in [-0.39, 0.29) is 0 Å². The lowest BCUT2D eigenvalue weighted by Gasteiger charge is -2.31. The predicted molar refractivity (Wildman–Crippen MR) is 66.4 cm³/mol. The Kier molecular flexibility index (Phi) is 6.26. The molecule has 1 saturated carbocycles. The van der Waals surface area contributed by atoms with Crippen molar-refractivity contribution in [1.29, 1.82) is 0 Å². The molecule has 1 fully saturated rings. The zero-order chi connectivity index (χ0) is 11.1. The summed E-state index contributed by atoms with van der Waals surface area (Å²) in [7, 11) is 0. The van der Waals surface area contributed by atoms with E-state index in [0.29, 0.717) is 6.04 Å². The highest BCUT2D eigenvalue weighted by Crippen LogP contribution is 2.30. The average Bonchev–Trinajstić information content (AvgIpc) is 2.54. The molecule has 1 atom stereocenters. The van der Waals surface area contributed by atoms with Crippen molar-refractivity contribution in [2.45, 2.75) is 71.3 Å². The molecule has 1 aliphatic carbocycles. The molecular weight excluding hydrogens is 184 g/mol. The fourth-order valence-electron chi connectivity index (χ4n) is 3.12. The first-order valence-corrected chi connectivity index (χ1v) is 6.79. The lowest BCUT2D eigenvalue weighted by Crippen LogP contribution is -2.45. The summed E-state index contributed by atoms with van der Waals surface area (Å²) >= 11 is 0. The van der Waals surface area contributed by atoms with E-state index >= 15 is 0 Å². The van der Waals surface area contributed by atoms with E-state index < -0.39 is 0 Å². The molecule has 3 N–H and O–H groups in total. The number of hydrogen-bond donors (Lipinski definition) is 2. The van der Waals surface area contributed by atoms with Gasteiger partial charge < -0.3 is 0 Å². The van der Waals surface area contributed by atoms with E-state index in [1.54, 1.807) is 0 Å². The van der Waals surface area contributed by atoms with Crippen LogP contribution in [0, 0.1) is 11.8 Å². The zero-order valence-electron chi connectivity index (χ0n) is 10.5. The Morgan fingerprint density at radius 3 is 2.00 bits per heavy atom. The second-order valence-electron chi connectivity index (χ2n) is 5.02. The number of rotatable bonds is 5. The van der Waals surface area contributed by atoms with Crippen molar-refractivity contribution in [2.75, 3.05) is 0 Å². The second kappa shape index (κ2) is 7.24. The first kappa shape index (κ1) is 13.0. The van der Waals surface area contributed by atoms with Gasteiger partial charge in [0.05, 0.1) is 0 Å². The van der Waals surface area contributed by atoms with Crippen molar-refractivity contribution in [1.82, 2.24) is 5.43 Å². The van der Waals surface area contributed by atoms with Crippen molar-refractivity contribution in [3.8, 4) is 0 Å². The standard InChI is InChI=1S/C13H28N2/c1-3-11(4-2)13(15-14)12-9-7-5-6-8-10-12/h11-13,15H,3-10,14H2,1-2H3. The molecule has 0 aromatic heterocycles. The minimum absolute atomic E-state index is 0.554. The third-order valence-corrected chi connectivity index (χ3v) is 4.16. The SMILES string of the molecule is CCC(CC)C(NN)C1CCCCCC1. The molecule has 0 amide bonds. The second-order valence-corrected chi connectivity index (χ2v) is 5.02. The molecule has 2 heteroatoms. The predicted octanol–water partition coefficient (Wildman–Crippen LogP) is 3.22. The summed E-state index contributed by atoms with van der Waals surface area (Å²) in [5.74, 6) is 7.34. The quantitative estimate of drug-likeness (QED) is 0.417. The smallest absolute Gasteiger partial charge is 0.0266 e. The number of hydrazine groups is 1. The molecule has 0 heterocycles. The van der Waals surface area contributed by atoms with Gasteiger partial charge in [0.2, 0.25) is 0 Å². The van der Waals surface area contributed by atoms with E-state index in [1.165, 1.54) is 51.4 Å². The molecule has 0 aromatic carbocycles. The molecule has 0 spiro atoms. The fraction of sp³-hybridized carbons (Fsp3) is 1.00. The van der Waals surface area contributed by atoms with E-state index in [1.807, 2.05) is 0 Å². The van der Waals surface area contributed by atoms with Crippen molar-refractivity contribution in [3.63, 3.8) is 0 Å². The molecule has 0 saturated heterocycles. The van der Waals surface area contributed by atoms with Crippen LogP contribution in [0.5, 0.6) is 0 Å². The summed E-state index contributed by atoms with van der Waals surface area (Å²) in [6, 6.07) is 0.554. The topological polar surface area (TPSA) is 38.0 Å². The lowest BCUT2D eigenvalue weighted by atomic mass is 9.81. The molecule has 2 nitrogen and oxygen atoms in total. The molecule has 15 heavy (non-hydrogen) atoms. The van der Waals surface area contributed by atoms with Gasteiger partial charge in [-0.2, -0.15) is 0 Å². The minimum atomic E-state index is 0.554. The Labute approximate surface area is 95.0 Å². The van der Waals surface area contributed by atoms with Crippen molar-refractivity contribution in [2.24, 2.45) is 17.7 Å². The van der Waals surface area contributed by atoms with Gasteiger partial charge in [-0.05, 0) is 24.7 Å². The monoisotopic (exact) mass is 212 g/mol. The van der Waals surface area contributed by atoms with E-state index in [9.17, 15) is 0 Å².